The zero-order valence-corrected chi connectivity index (χ0v) is 18.4. The molecule has 0 unspecified atom stereocenters. The Bertz CT molecular complexity index is 1020. The molecule has 10 nitrogen and oxygen atoms in total. The van der Waals surface area contributed by atoms with Gasteiger partial charge in [-0.15, -0.1) is 0 Å². The molecule has 1 aliphatic heterocycles. The molecule has 0 radical (unpaired) electrons. The number of rotatable bonds is 6. The number of hydrogen-bond donors (Lipinski definition) is 2. The van der Waals surface area contributed by atoms with Crippen LogP contribution in [-0.2, 0) is 24.5 Å². The zero-order chi connectivity index (χ0) is 23.5. The monoisotopic (exact) mass is 442 g/mol. The number of aryl methyl sites for hydroxylation is 1. The van der Waals surface area contributed by atoms with Crippen LogP contribution in [-0.4, -0.2) is 47.0 Å². The molecule has 3 rings (SSSR count). The highest BCUT2D eigenvalue weighted by Crippen LogP contribution is 2.22. The van der Waals surface area contributed by atoms with Crippen molar-refractivity contribution >= 4 is 29.5 Å². The van der Waals surface area contributed by atoms with Crippen LogP contribution >= 0.6 is 0 Å². The van der Waals surface area contributed by atoms with E-state index in [9.17, 15) is 19.2 Å². The lowest BCUT2D eigenvalue weighted by Crippen LogP contribution is -2.43. The lowest BCUT2D eigenvalue weighted by molar-refractivity contribution is -0.151. The van der Waals surface area contributed by atoms with Crippen LogP contribution in [0.4, 0.5) is 5.82 Å². The number of benzene rings is 1. The number of hydrazine groups is 1. The van der Waals surface area contributed by atoms with Crippen LogP contribution in [0.1, 0.15) is 48.9 Å². The molecule has 2 heterocycles. The molecule has 0 bridgehead atoms. The third-order valence-electron chi connectivity index (χ3n) is 4.95. The highest BCUT2D eigenvalue weighted by atomic mass is 16.5. The number of ether oxygens (including phenoxy) is 1. The molecule has 10 heteroatoms. The highest BCUT2D eigenvalue weighted by Gasteiger charge is 2.36. The highest BCUT2D eigenvalue weighted by molar-refractivity contribution is 5.97. The number of hydrogen-bond acceptors (Lipinski definition) is 7. The molecular weight excluding hydrogens is 416 g/mol. The van der Waals surface area contributed by atoms with Crippen LogP contribution in [0.3, 0.4) is 0 Å². The smallest absolute Gasteiger partial charge is 0.311 e. The summed E-state index contributed by atoms with van der Waals surface area (Å²) in [4.78, 5) is 48.8. The molecule has 1 aromatic carbocycles. The van der Waals surface area contributed by atoms with Gasteiger partial charge in [0, 0.05) is 18.1 Å². The summed E-state index contributed by atoms with van der Waals surface area (Å²) < 4.78 is 9.83. The van der Waals surface area contributed by atoms with Gasteiger partial charge in [-0.05, 0) is 30.0 Å². The van der Waals surface area contributed by atoms with E-state index < -0.39 is 36.2 Å². The van der Waals surface area contributed by atoms with Crippen molar-refractivity contribution in [3.8, 4) is 0 Å². The molecule has 1 atom stereocenters. The van der Waals surface area contributed by atoms with Crippen LogP contribution in [0.2, 0.25) is 0 Å². The molecule has 0 spiro atoms. The maximum Gasteiger partial charge on any atom is 0.311 e. The minimum atomic E-state index is -0.784. The average molecular weight is 442 g/mol. The Morgan fingerprint density at radius 3 is 2.50 bits per heavy atom. The Balaban J connectivity index is 1.49. The first-order chi connectivity index (χ1) is 15.0. The summed E-state index contributed by atoms with van der Waals surface area (Å²) in [6.07, 6.45) is -0.119. The third kappa shape index (κ3) is 5.71. The standard InChI is InChI=1S/C22H26N4O6/c1-13-9-17(25-32-13)23-18(27)12-31-21(30)15-10-19(28)26(11-15)24-20(29)14-5-7-16(8-6-14)22(2,3)4/h5-9,15H,10-12H2,1-4H3,(H,24,29)(H,23,25,27)/t15-/m0/s1. The number of aromatic nitrogens is 1. The van der Waals surface area contributed by atoms with Gasteiger partial charge in [0.15, 0.2) is 12.4 Å². The van der Waals surface area contributed by atoms with Crippen LogP contribution < -0.4 is 10.7 Å². The normalized spacial score (nSPS) is 16.1. The van der Waals surface area contributed by atoms with E-state index in [0.717, 1.165) is 10.6 Å². The first-order valence-electron chi connectivity index (χ1n) is 10.1. The van der Waals surface area contributed by atoms with E-state index >= 15 is 0 Å². The number of carbonyl (C=O) groups is 4. The minimum absolute atomic E-state index is 0.0341. The van der Waals surface area contributed by atoms with Crippen LogP contribution in [0.5, 0.6) is 0 Å². The molecule has 1 fully saturated rings. The Kier molecular flexibility index (Phi) is 6.61. The van der Waals surface area contributed by atoms with Crippen LogP contribution in [0.15, 0.2) is 34.9 Å². The average Bonchev–Trinajstić information content (AvgIpc) is 3.30. The Morgan fingerprint density at radius 2 is 1.91 bits per heavy atom. The lowest BCUT2D eigenvalue weighted by Gasteiger charge is -2.20. The number of carbonyl (C=O) groups excluding carboxylic acids is 4. The summed E-state index contributed by atoms with van der Waals surface area (Å²) in [5.74, 6) is -2.19. The van der Waals surface area contributed by atoms with E-state index in [0.29, 0.717) is 11.3 Å². The molecule has 1 saturated heterocycles. The number of nitrogens with one attached hydrogen (secondary N) is 2. The van der Waals surface area contributed by atoms with Gasteiger partial charge in [0.05, 0.1) is 12.5 Å². The van der Waals surface area contributed by atoms with Crippen molar-refractivity contribution < 1.29 is 28.4 Å². The first kappa shape index (κ1) is 23.0. The van der Waals surface area contributed by atoms with Crippen molar-refractivity contribution in [1.82, 2.24) is 15.6 Å². The Morgan fingerprint density at radius 1 is 1.22 bits per heavy atom. The quantitative estimate of drug-likeness (QED) is 0.654. The van der Waals surface area contributed by atoms with Gasteiger partial charge in [-0.25, -0.2) is 0 Å². The minimum Gasteiger partial charge on any atom is -0.455 e. The molecule has 0 saturated carbocycles. The molecule has 170 valence electrons. The van der Waals surface area contributed by atoms with E-state index in [4.69, 9.17) is 9.26 Å². The van der Waals surface area contributed by atoms with Crippen LogP contribution in [0, 0.1) is 12.8 Å². The van der Waals surface area contributed by atoms with E-state index in [1.54, 1.807) is 19.1 Å². The zero-order valence-electron chi connectivity index (χ0n) is 18.4. The second-order valence-electron chi connectivity index (χ2n) is 8.65. The predicted molar refractivity (Wildman–Crippen MR) is 113 cm³/mol. The van der Waals surface area contributed by atoms with E-state index in [1.807, 2.05) is 12.1 Å². The second kappa shape index (κ2) is 9.21. The van der Waals surface area contributed by atoms with Crippen molar-refractivity contribution in [1.29, 1.82) is 0 Å². The number of anilines is 1. The Hall–Kier alpha value is -3.69. The van der Waals surface area contributed by atoms with Crippen molar-refractivity contribution in [3.63, 3.8) is 0 Å². The summed E-state index contributed by atoms with van der Waals surface area (Å²) in [6.45, 7) is 7.33. The van der Waals surface area contributed by atoms with Crippen molar-refractivity contribution in [3.05, 3.63) is 47.2 Å². The predicted octanol–water partition coefficient (Wildman–Crippen LogP) is 1.96. The maximum absolute atomic E-state index is 12.5. The van der Waals surface area contributed by atoms with Gasteiger partial charge in [0.25, 0.3) is 11.8 Å². The molecule has 32 heavy (non-hydrogen) atoms. The number of esters is 1. The number of amides is 3. The van der Waals surface area contributed by atoms with Gasteiger partial charge in [0.1, 0.15) is 5.76 Å². The topological polar surface area (TPSA) is 131 Å². The fourth-order valence-electron chi connectivity index (χ4n) is 3.14. The Labute approximate surface area is 185 Å². The van der Waals surface area contributed by atoms with Gasteiger partial charge in [0.2, 0.25) is 5.91 Å². The molecule has 1 aromatic heterocycles. The van der Waals surface area contributed by atoms with Crippen molar-refractivity contribution in [2.24, 2.45) is 5.92 Å². The molecular formula is C22H26N4O6. The fraction of sp³-hybridized carbons (Fsp3) is 0.409. The van der Waals surface area contributed by atoms with Gasteiger partial charge in [-0.2, -0.15) is 0 Å². The summed E-state index contributed by atoms with van der Waals surface area (Å²) in [7, 11) is 0. The largest absolute Gasteiger partial charge is 0.455 e. The second-order valence-corrected chi connectivity index (χ2v) is 8.65. The van der Waals surface area contributed by atoms with Gasteiger partial charge in [-0.3, -0.25) is 29.6 Å². The first-order valence-corrected chi connectivity index (χ1v) is 10.1. The molecule has 2 N–H and O–H groups in total. The van der Waals surface area contributed by atoms with Gasteiger partial charge >= 0.3 is 5.97 Å². The van der Waals surface area contributed by atoms with Gasteiger partial charge < -0.3 is 14.6 Å². The summed E-state index contributed by atoms with van der Waals surface area (Å²) in [6, 6.07) is 8.64. The third-order valence-corrected chi connectivity index (χ3v) is 4.95. The van der Waals surface area contributed by atoms with Crippen molar-refractivity contribution in [2.45, 2.75) is 39.5 Å². The summed E-state index contributed by atoms with van der Waals surface area (Å²) in [5.41, 5.74) is 3.96. The SMILES string of the molecule is Cc1cc(NC(=O)COC(=O)[C@H]2CC(=O)N(NC(=O)c3ccc(C(C)(C)C)cc3)C2)no1. The van der Waals surface area contributed by atoms with E-state index in [2.05, 4.69) is 36.7 Å². The van der Waals surface area contributed by atoms with E-state index in [1.165, 1.54) is 6.07 Å². The van der Waals surface area contributed by atoms with Crippen molar-refractivity contribution in [2.75, 3.05) is 18.5 Å². The van der Waals surface area contributed by atoms with Gasteiger partial charge in [-0.1, -0.05) is 38.1 Å². The molecule has 1 aliphatic rings. The van der Waals surface area contributed by atoms with Crippen LogP contribution in [0.25, 0.3) is 0 Å². The lowest BCUT2D eigenvalue weighted by atomic mass is 9.87. The number of nitrogens with zero attached hydrogens (tertiary/aromatic N) is 2. The fourth-order valence-corrected chi connectivity index (χ4v) is 3.14. The van der Waals surface area contributed by atoms with E-state index in [-0.39, 0.29) is 24.2 Å². The molecule has 2 aromatic rings. The summed E-state index contributed by atoms with van der Waals surface area (Å²) >= 11 is 0. The molecule has 0 aliphatic carbocycles. The molecule has 3 amide bonds. The summed E-state index contributed by atoms with van der Waals surface area (Å²) in [5, 5.41) is 7.14. The maximum atomic E-state index is 12.5.